The van der Waals surface area contributed by atoms with Gasteiger partial charge >= 0.3 is 0 Å². The highest BCUT2D eigenvalue weighted by Crippen LogP contribution is 2.42. The number of aromatic nitrogens is 1. The molecule has 1 aromatic heterocycles. The van der Waals surface area contributed by atoms with Crippen molar-refractivity contribution in [3.05, 3.63) is 46.8 Å². The first-order chi connectivity index (χ1) is 10.4. The summed E-state index contributed by atoms with van der Waals surface area (Å²) < 4.78 is 28.5. The Morgan fingerprint density at radius 3 is 2.64 bits per heavy atom. The van der Waals surface area contributed by atoms with Crippen LogP contribution in [-0.4, -0.2) is 25.6 Å². The van der Waals surface area contributed by atoms with E-state index in [-0.39, 0.29) is 10.7 Å². The lowest BCUT2D eigenvalue weighted by molar-refractivity contribution is 0.103. The van der Waals surface area contributed by atoms with Gasteiger partial charge in [-0.3, -0.25) is 4.79 Å². The summed E-state index contributed by atoms with van der Waals surface area (Å²) in [4.78, 5) is 13.0. The van der Waals surface area contributed by atoms with Crippen molar-refractivity contribution in [2.75, 3.05) is 6.26 Å². The molecule has 116 valence electrons. The molecular weight excluding hydrogens is 302 g/mol. The Morgan fingerprint density at radius 1 is 1.32 bits per heavy atom. The van der Waals surface area contributed by atoms with Crippen molar-refractivity contribution in [2.45, 2.75) is 37.0 Å². The van der Waals surface area contributed by atoms with Gasteiger partial charge in [0.15, 0.2) is 21.4 Å². The minimum atomic E-state index is -3.29. The summed E-state index contributed by atoms with van der Waals surface area (Å²) in [7, 11) is -3.29. The van der Waals surface area contributed by atoms with Gasteiger partial charge in [-0.2, -0.15) is 0 Å². The lowest BCUT2D eigenvalue weighted by Crippen LogP contribution is -2.08. The van der Waals surface area contributed by atoms with E-state index in [4.69, 9.17) is 4.52 Å². The zero-order valence-electron chi connectivity index (χ0n) is 12.5. The van der Waals surface area contributed by atoms with Crippen LogP contribution in [0.1, 0.15) is 52.9 Å². The molecule has 0 saturated heterocycles. The Morgan fingerprint density at radius 2 is 2.05 bits per heavy atom. The van der Waals surface area contributed by atoms with Crippen LogP contribution in [0.3, 0.4) is 0 Å². The van der Waals surface area contributed by atoms with Crippen LogP contribution < -0.4 is 0 Å². The summed E-state index contributed by atoms with van der Waals surface area (Å²) in [5.74, 6) is 0.793. The predicted molar refractivity (Wildman–Crippen MR) is 80.8 cm³/mol. The average molecular weight is 319 g/mol. The van der Waals surface area contributed by atoms with Crippen LogP contribution in [-0.2, 0) is 16.3 Å². The molecule has 6 heteroatoms. The minimum absolute atomic E-state index is 0.153. The first-order valence-corrected chi connectivity index (χ1v) is 9.13. The van der Waals surface area contributed by atoms with Gasteiger partial charge in [0.1, 0.15) is 0 Å². The molecule has 1 heterocycles. The fourth-order valence-corrected chi connectivity index (χ4v) is 3.19. The standard InChI is InChI=1S/C16H17NO4S/c1-3-10-8-12(22(2,19)20)6-7-13(10)15(18)14-9-17-21-16(14)11-4-5-11/h6-9,11H,3-5H2,1-2H3. The molecule has 0 spiro atoms. The average Bonchev–Trinajstić information content (AvgIpc) is 3.22. The van der Waals surface area contributed by atoms with Crippen molar-refractivity contribution in [1.29, 1.82) is 0 Å². The first kappa shape index (κ1) is 15.0. The smallest absolute Gasteiger partial charge is 0.198 e. The van der Waals surface area contributed by atoms with Crippen molar-refractivity contribution in [1.82, 2.24) is 5.16 Å². The fraction of sp³-hybridized carbons (Fsp3) is 0.375. The van der Waals surface area contributed by atoms with Crippen molar-refractivity contribution < 1.29 is 17.7 Å². The van der Waals surface area contributed by atoms with Gasteiger partial charge in [0.05, 0.1) is 16.7 Å². The highest BCUT2D eigenvalue weighted by atomic mass is 32.2. The van der Waals surface area contributed by atoms with Gasteiger partial charge < -0.3 is 4.52 Å². The monoisotopic (exact) mass is 319 g/mol. The van der Waals surface area contributed by atoms with E-state index in [0.29, 0.717) is 29.2 Å². The van der Waals surface area contributed by atoms with Gasteiger partial charge in [0.25, 0.3) is 0 Å². The number of benzene rings is 1. The number of hydrogen-bond acceptors (Lipinski definition) is 5. The number of nitrogens with zero attached hydrogens (tertiary/aromatic N) is 1. The van der Waals surface area contributed by atoms with Crippen LogP contribution >= 0.6 is 0 Å². The summed E-state index contributed by atoms with van der Waals surface area (Å²) in [6, 6.07) is 4.64. The third-order valence-electron chi connectivity index (χ3n) is 3.92. The predicted octanol–water partition coefficient (Wildman–Crippen LogP) is 2.75. The van der Waals surface area contributed by atoms with Gasteiger partial charge in [0, 0.05) is 17.7 Å². The Hall–Kier alpha value is -1.95. The summed E-state index contributed by atoms with van der Waals surface area (Å²) >= 11 is 0. The second-order valence-corrected chi connectivity index (χ2v) is 7.67. The van der Waals surface area contributed by atoms with Crippen molar-refractivity contribution >= 4 is 15.6 Å². The van der Waals surface area contributed by atoms with E-state index in [1.54, 1.807) is 12.1 Å². The zero-order valence-corrected chi connectivity index (χ0v) is 13.3. The topological polar surface area (TPSA) is 77.2 Å². The Labute approximate surface area is 129 Å². The Balaban J connectivity index is 2.03. The van der Waals surface area contributed by atoms with E-state index in [0.717, 1.165) is 24.7 Å². The number of sulfone groups is 1. The SMILES string of the molecule is CCc1cc(S(C)(=O)=O)ccc1C(=O)c1cnoc1C1CC1. The minimum Gasteiger partial charge on any atom is -0.360 e. The molecule has 2 aromatic rings. The number of ketones is 1. The van der Waals surface area contributed by atoms with Crippen LogP contribution in [0.15, 0.2) is 33.8 Å². The quantitative estimate of drug-likeness (QED) is 0.792. The molecule has 5 nitrogen and oxygen atoms in total. The molecule has 3 rings (SSSR count). The van der Waals surface area contributed by atoms with E-state index in [9.17, 15) is 13.2 Å². The molecule has 0 unspecified atom stereocenters. The highest BCUT2D eigenvalue weighted by Gasteiger charge is 2.33. The molecule has 0 bridgehead atoms. The number of hydrogen-bond donors (Lipinski definition) is 0. The van der Waals surface area contributed by atoms with Gasteiger partial charge in [-0.1, -0.05) is 12.1 Å². The van der Waals surface area contributed by atoms with E-state index in [1.165, 1.54) is 12.3 Å². The summed E-state index contributed by atoms with van der Waals surface area (Å²) in [6.07, 6.45) is 5.23. The van der Waals surface area contributed by atoms with Crippen LogP contribution in [0.25, 0.3) is 0 Å². The van der Waals surface area contributed by atoms with Crippen molar-refractivity contribution in [3.8, 4) is 0 Å². The molecule has 0 amide bonds. The van der Waals surface area contributed by atoms with Gasteiger partial charge in [-0.25, -0.2) is 8.42 Å². The number of carbonyl (C=O) groups excluding carboxylic acids is 1. The maximum absolute atomic E-state index is 12.8. The molecular formula is C16H17NO4S. The van der Waals surface area contributed by atoms with E-state index in [2.05, 4.69) is 5.16 Å². The lowest BCUT2D eigenvalue weighted by Gasteiger charge is -2.08. The van der Waals surface area contributed by atoms with Gasteiger partial charge in [0.2, 0.25) is 0 Å². The van der Waals surface area contributed by atoms with Crippen molar-refractivity contribution in [2.24, 2.45) is 0 Å². The number of rotatable bonds is 5. The highest BCUT2D eigenvalue weighted by molar-refractivity contribution is 7.90. The largest absolute Gasteiger partial charge is 0.360 e. The van der Waals surface area contributed by atoms with Crippen LogP contribution in [0.2, 0.25) is 0 Å². The molecule has 0 radical (unpaired) electrons. The Kier molecular flexibility index (Phi) is 3.64. The molecule has 0 aliphatic heterocycles. The van der Waals surface area contributed by atoms with E-state index in [1.807, 2.05) is 6.92 Å². The van der Waals surface area contributed by atoms with E-state index >= 15 is 0 Å². The number of aryl methyl sites for hydroxylation is 1. The molecule has 0 atom stereocenters. The second-order valence-electron chi connectivity index (χ2n) is 5.65. The molecule has 1 saturated carbocycles. The maximum Gasteiger partial charge on any atom is 0.198 e. The third-order valence-corrected chi connectivity index (χ3v) is 5.03. The van der Waals surface area contributed by atoms with Crippen LogP contribution in [0.4, 0.5) is 0 Å². The van der Waals surface area contributed by atoms with E-state index < -0.39 is 9.84 Å². The second kappa shape index (κ2) is 5.35. The van der Waals surface area contributed by atoms with Crippen LogP contribution in [0.5, 0.6) is 0 Å². The van der Waals surface area contributed by atoms with Crippen molar-refractivity contribution in [3.63, 3.8) is 0 Å². The molecule has 0 N–H and O–H groups in total. The summed E-state index contributed by atoms with van der Waals surface area (Å²) in [5, 5.41) is 3.75. The molecule has 1 aliphatic rings. The molecule has 1 aromatic carbocycles. The molecule has 1 fully saturated rings. The molecule has 22 heavy (non-hydrogen) atoms. The van der Waals surface area contributed by atoms with Gasteiger partial charge in [-0.15, -0.1) is 0 Å². The van der Waals surface area contributed by atoms with Crippen LogP contribution in [0, 0.1) is 0 Å². The Bertz CT molecular complexity index is 832. The third kappa shape index (κ3) is 2.70. The first-order valence-electron chi connectivity index (χ1n) is 7.24. The molecule has 1 aliphatic carbocycles. The normalized spacial score (nSPS) is 15.0. The fourth-order valence-electron chi connectivity index (χ4n) is 2.52. The lowest BCUT2D eigenvalue weighted by atomic mass is 9.96. The van der Waals surface area contributed by atoms with Gasteiger partial charge in [-0.05, 0) is 43.0 Å². The summed E-state index contributed by atoms with van der Waals surface area (Å²) in [5.41, 5.74) is 1.72. The summed E-state index contributed by atoms with van der Waals surface area (Å²) in [6.45, 7) is 1.90. The zero-order chi connectivity index (χ0) is 15.9. The maximum atomic E-state index is 12.8. The number of carbonyl (C=O) groups is 1.